The van der Waals surface area contributed by atoms with Crippen LogP contribution in [0.3, 0.4) is 0 Å². The van der Waals surface area contributed by atoms with Crippen molar-refractivity contribution in [1.82, 2.24) is 4.37 Å². The van der Waals surface area contributed by atoms with E-state index in [9.17, 15) is 9.90 Å². The first-order chi connectivity index (χ1) is 16.4. The first kappa shape index (κ1) is 22.6. The van der Waals surface area contributed by atoms with Gasteiger partial charge >= 0.3 is 0 Å². The van der Waals surface area contributed by atoms with Crippen LogP contribution in [0.15, 0.2) is 55.1 Å². The van der Waals surface area contributed by atoms with Crippen molar-refractivity contribution in [1.29, 1.82) is 0 Å². The minimum Gasteiger partial charge on any atom is -0.508 e. The summed E-state index contributed by atoms with van der Waals surface area (Å²) in [5, 5.41) is 14.0. The van der Waals surface area contributed by atoms with Crippen molar-refractivity contribution in [3.8, 4) is 16.9 Å². The summed E-state index contributed by atoms with van der Waals surface area (Å²) < 4.78 is 20.2. The maximum absolute atomic E-state index is 15.7. The zero-order chi connectivity index (χ0) is 24.0. The molecule has 7 rings (SSSR count). The molecule has 1 saturated carbocycles. The van der Waals surface area contributed by atoms with Crippen LogP contribution >= 0.6 is 23.1 Å². The summed E-state index contributed by atoms with van der Waals surface area (Å²) in [7, 11) is 0. The number of anilines is 1. The quantitative estimate of drug-likeness (QED) is 0.336. The van der Waals surface area contributed by atoms with Gasteiger partial charge in [0.1, 0.15) is 16.3 Å². The van der Waals surface area contributed by atoms with Gasteiger partial charge in [0, 0.05) is 24.0 Å². The molecule has 3 aliphatic rings. The molecule has 8 heteroatoms. The van der Waals surface area contributed by atoms with Gasteiger partial charge < -0.3 is 15.7 Å². The number of amides is 1. The zero-order valence-electron chi connectivity index (χ0n) is 18.3. The fraction of sp³-hybridized carbons (Fsp3) is 0.231. The van der Waals surface area contributed by atoms with Gasteiger partial charge in [-0.1, -0.05) is 42.4 Å². The van der Waals surface area contributed by atoms with Crippen molar-refractivity contribution in [2.24, 2.45) is 17.6 Å². The Morgan fingerprint density at radius 2 is 1.88 bits per heavy atom. The fourth-order valence-electron chi connectivity index (χ4n) is 5.01. The average Bonchev–Trinajstić information content (AvgIpc) is 3.23. The summed E-state index contributed by atoms with van der Waals surface area (Å²) in [5.41, 5.74) is 5.77. The summed E-state index contributed by atoms with van der Waals surface area (Å²) in [5.74, 6) is 0.687. The number of piperidine rings is 2. The maximum Gasteiger partial charge on any atom is 0.240 e. The maximum atomic E-state index is 15.7. The fourth-order valence-corrected chi connectivity index (χ4v) is 6.18. The molecule has 0 unspecified atom stereocenters. The van der Waals surface area contributed by atoms with Crippen molar-refractivity contribution >= 4 is 55.7 Å². The van der Waals surface area contributed by atoms with Crippen molar-refractivity contribution in [2.75, 3.05) is 18.0 Å². The highest BCUT2D eigenvalue weighted by molar-refractivity contribution is 7.11. The second-order valence-corrected chi connectivity index (χ2v) is 10.0. The van der Waals surface area contributed by atoms with Crippen molar-refractivity contribution in [3.63, 3.8) is 0 Å². The highest BCUT2D eigenvalue weighted by atomic mass is 35.5. The van der Waals surface area contributed by atoms with Gasteiger partial charge in [-0.2, -0.15) is 4.37 Å². The first-order valence-electron chi connectivity index (χ1n) is 11.0. The number of fused-ring (bicyclic) bond motifs is 4. The van der Waals surface area contributed by atoms with E-state index in [1.807, 2.05) is 30.3 Å². The Morgan fingerprint density at radius 1 is 1.21 bits per heavy atom. The average molecular weight is 496 g/mol. The summed E-state index contributed by atoms with van der Waals surface area (Å²) >= 11 is 7.99. The van der Waals surface area contributed by atoms with E-state index in [1.165, 1.54) is 24.4 Å². The molecule has 174 valence electrons. The molecule has 34 heavy (non-hydrogen) atoms. The third kappa shape index (κ3) is 3.99. The predicted molar refractivity (Wildman–Crippen MR) is 137 cm³/mol. The standard InChI is InChI=1S/C23H18ClFN2OS.C3H5NO/c24-19-9-18-22(26-29-23(18)27-10-12-5-13(6-12)11-27)21(25)20(19)17-8-15(28)7-14-3-1-2-4-16(14)17;1-2-3(4)5/h1-4,7-9,12-13,28H,5-6,10-11H2;2H,1H2,(H2,4,5). The highest BCUT2D eigenvalue weighted by Gasteiger charge is 2.38. The van der Waals surface area contributed by atoms with Crippen molar-refractivity contribution in [3.05, 3.63) is 66.0 Å². The number of aromatic nitrogens is 1. The Morgan fingerprint density at radius 3 is 2.56 bits per heavy atom. The van der Waals surface area contributed by atoms with E-state index >= 15 is 4.39 Å². The lowest BCUT2D eigenvalue weighted by Crippen LogP contribution is -2.48. The van der Waals surface area contributed by atoms with E-state index in [1.54, 1.807) is 12.1 Å². The number of primary amides is 1. The van der Waals surface area contributed by atoms with Gasteiger partial charge in [0.2, 0.25) is 5.91 Å². The molecule has 0 atom stereocenters. The van der Waals surface area contributed by atoms with E-state index in [0.29, 0.717) is 21.7 Å². The van der Waals surface area contributed by atoms with Crippen molar-refractivity contribution in [2.45, 2.75) is 12.8 Å². The molecule has 0 radical (unpaired) electrons. The minimum absolute atomic E-state index is 0.0840. The first-order valence-corrected chi connectivity index (χ1v) is 12.2. The minimum atomic E-state index is -0.481. The molecule has 3 aromatic carbocycles. The van der Waals surface area contributed by atoms with Gasteiger partial charge in [-0.25, -0.2) is 4.39 Å². The number of phenolic OH excluding ortho intramolecular Hbond substituents is 1. The number of carbonyl (C=O) groups excluding carboxylic acids is 1. The van der Waals surface area contributed by atoms with Crippen LogP contribution < -0.4 is 10.6 Å². The lowest BCUT2D eigenvalue weighted by molar-refractivity contribution is -0.113. The van der Waals surface area contributed by atoms with Gasteiger partial charge in [-0.05, 0) is 76.8 Å². The van der Waals surface area contributed by atoms with E-state index < -0.39 is 11.7 Å². The van der Waals surface area contributed by atoms with Gasteiger partial charge in [0.15, 0.2) is 5.82 Å². The number of nitrogens with zero attached hydrogens (tertiary/aromatic N) is 2. The zero-order valence-corrected chi connectivity index (χ0v) is 19.9. The number of halogens is 2. The number of rotatable bonds is 3. The van der Waals surface area contributed by atoms with Gasteiger partial charge in [-0.15, -0.1) is 0 Å². The molecular weight excluding hydrogens is 473 g/mol. The molecule has 5 nitrogen and oxygen atoms in total. The molecule has 1 amide bonds. The molecule has 3 N–H and O–H groups in total. The largest absolute Gasteiger partial charge is 0.508 e. The molecule has 3 heterocycles. The Kier molecular flexibility index (Phi) is 5.91. The van der Waals surface area contributed by atoms with Crippen LogP contribution in [-0.4, -0.2) is 28.5 Å². The second kappa shape index (κ2) is 8.89. The third-order valence-corrected chi connectivity index (χ3v) is 7.76. The number of carbonyl (C=O) groups is 1. The summed E-state index contributed by atoms with van der Waals surface area (Å²) in [6, 6.07) is 12.7. The van der Waals surface area contributed by atoms with Crippen LogP contribution in [-0.2, 0) is 4.79 Å². The second-order valence-electron chi connectivity index (χ2n) is 8.86. The summed E-state index contributed by atoms with van der Waals surface area (Å²) in [6.07, 6.45) is 3.69. The third-order valence-electron chi connectivity index (χ3n) is 6.54. The summed E-state index contributed by atoms with van der Waals surface area (Å²) in [4.78, 5) is 11.8. The molecule has 2 bridgehead atoms. The van der Waals surface area contributed by atoms with E-state index in [2.05, 4.69) is 21.6 Å². The number of aromatic hydroxyl groups is 1. The Bertz CT molecular complexity index is 1420. The Hall–Kier alpha value is -3.16. The number of hydrogen-bond acceptors (Lipinski definition) is 5. The number of phenols is 1. The number of nitrogens with two attached hydrogens (primary N) is 1. The van der Waals surface area contributed by atoms with Crippen LogP contribution in [0, 0.1) is 17.7 Å². The van der Waals surface area contributed by atoms with Crippen LogP contribution in [0.2, 0.25) is 5.02 Å². The normalized spacial score (nSPS) is 18.8. The highest BCUT2D eigenvalue weighted by Crippen LogP contribution is 2.47. The SMILES string of the molecule is C=CC(N)=O.Oc1cc(-c2c(Cl)cc3c(N4CC5CC(C5)C4)snc3c2F)c2ccccc2c1. The van der Waals surface area contributed by atoms with E-state index in [-0.39, 0.29) is 5.75 Å². The lowest BCUT2D eigenvalue weighted by Gasteiger charge is -2.47. The molecule has 2 aliphatic heterocycles. The predicted octanol–water partition coefficient (Wildman–Crippen LogP) is 6.12. The Labute approximate surface area is 205 Å². The number of hydrogen-bond donors (Lipinski definition) is 2. The monoisotopic (exact) mass is 495 g/mol. The van der Waals surface area contributed by atoms with E-state index in [4.69, 9.17) is 11.6 Å². The van der Waals surface area contributed by atoms with E-state index in [0.717, 1.165) is 52.2 Å². The van der Waals surface area contributed by atoms with Crippen LogP contribution in [0.1, 0.15) is 12.8 Å². The molecular formula is C26H23ClFN3O2S. The van der Waals surface area contributed by atoms with Crippen LogP contribution in [0.25, 0.3) is 32.8 Å². The Balaban J connectivity index is 0.000000439. The van der Waals surface area contributed by atoms with Crippen LogP contribution in [0.5, 0.6) is 5.75 Å². The molecule has 1 aromatic heterocycles. The van der Waals surface area contributed by atoms with Crippen molar-refractivity contribution < 1.29 is 14.3 Å². The molecule has 4 aromatic rings. The van der Waals surface area contributed by atoms with Gasteiger partial charge in [0.25, 0.3) is 0 Å². The smallest absolute Gasteiger partial charge is 0.240 e. The molecule has 3 fully saturated rings. The summed E-state index contributed by atoms with van der Waals surface area (Å²) in [6.45, 7) is 5.13. The lowest BCUT2D eigenvalue weighted by atomic mass is 9.71. The van der Waals surface area contributed by atoms with Crippen LogP contribution in [0.4, 0.5) is 9.39 Å². The molecule has 0 spiro atoms. The number of benzene rings is 3. The molecule has 2 saturated heterocycles. The van der Waals surface area contributed by atoms with Gasteiger partial charge in [-0.3, -0.25) is 4.79 Å². The topological polar surface area (TPSA) is 79.5 Å². The van der Waals surface area contributed by atoms with Gasteiger partial charge in [0.05, 0.1) is 5.02 Å². The molecule has 1 aliphatic carbocycles.